The van der Waals surface area contributed by atoms with Crippen molar-refractivity contribution in [3.63, 3.8) is 0 Å². The van der Waals surface area contributed by atoms with Gasteiger partial charge in [-0.3, -0.25) is 4.90 Å². The molecule has 3 nitrogen and oxygen atoms in total. The molecule has 1 aliphatic heterocycles. The monoisotopic (exact) mass is 300 g/mol. The zero-order valence-electron chi connectivity index (χ0n) is 11.7. The van der Waals surface area contributed by atoms with Crippen LogP contribution in [0.4, 0.5) is 13.2 Å². The van der Waals surface area contributed by atoms with Crippen LogP contribution >= 0.6 is 0 Å². The molecule has 2 aliphatic rings. The Morgan fingerprint density at radius 3 is 2.38 bits per heavy atom. The molecule has 0 amide bonds. The highest BCUT2D eigenvalue weighted by atomic mass is 19.2. The van der Waals surface area contributed by atoms with E-state index < -0.39 is 23.2 Å². The first-order valence-corrected chi connectivity index (χ1v) is 7.40. The molecule has 1 heterocycles. The number of aromatic hydroxyl groups is 1. The fourth-order valence-corrected chi connectivity index (χ4v) is 3.31. The van der Waals surface area contributed by atoms with E-state index in [-0.39, 0.29) is 17.5 Å². The zero-order chi connectivity index (χ0) is 15.0. The SMILES string of the molecule is Oc1cc(F)c(F)c(F)c1[C@@H](C1CCC1)N1CCNCC1. The third kappa shape index (κ3) is 2.62. The van der Waals surface area contributed by atoms with E-state index in [4.69, 9.17) is 0 Å². The molecule has 1 atom stereocenters. The van der Waals surface area contributed by atoms with Gasteiger partial charge in [0, 0.05) is 38.3 Å². The summed E-state index contributed by atoms with van der Waals surface area (Å²) in [6.07, 6.45) is 2.90. The van der Waals surface area contributed by atoms with Gasteiger partial charge in [0.1, 0.15) is 5.75 Å². The summed E-state index contributed by atoms with van der Waals surface area (Å²) in [4.78, 5) is 2.07. The van der Waals surface area contributed by atoms with E-state index in [2.05, 4.69) is 10.2 Å². The normalized spacial score (nSPS) is 22.0. The van der Waals surface area contributed by atoms with Crippen LogP contribution < -0.4 is 5.32 Å². The van der Waals surface area contributed by atoms with Crippen LogP contribution in [0.3, 0.4) is 0 Å². The van der Waals surface area contributed by atoms with Gasteiger partial charge < -0.3 is 10.4 Å². The lowest BCUT2D eigenvalue weighted by molar-refractivity contribution is 0.0785. The van der Waals surface area contributed by atoms with Crippen LogP contribution in [-0.4, -0.2) is 36.2 Å². The second-order valence-corrected chi connectivity index (χ2v) is 5.84. The molecule has 116 valence electrons. The second kappa shape index (κ2) is 5.85. The van der Waals surface area contributed by atoms with Crippen LogP contribution in [0.5, 0.6) is 5.75 Å². The quantitative estimate of drug-likeness (QED) is 0.842. The smallest absolute Gasteiger partial charge is 0.195 e. The van der Waals surface area contributed by atoms with Gasteiger partial charge in [-0.25, -0.2) is 13.2 Å². The Hall–Kier alpha value is -1.27. The van der Waals surface area contributed by atoms with Crippen molar-refractivity contribution < 1.29 is 18.3 Å². The summed E-state index contributed by atoms with van der Waals surface area (Å²) in [5.41, 5.74) is -0.0829. The van der Waals surface area contributed by atoms with E-state index in [1.807, 2.05) is 0 Å². The van der Waals surface area contributed by atoms with Crippen molar-refractivity contribution in [2.45, 2.75) is 25.3 Å². The third-order valence-corrected chi connectivity index (χ3v) is 4.62. The van der Waals surface area contributed by atoms with E-state index in [1.165, 1.54) is 0 Å². The van der Waals surface area contributed by atoms with Crippen LogP contribution in [0.25, 0.3) is 0 Å². The fraction of sp³-hybridized carbons (Fsp3) is 0.600. The molecule has 1 aliphatic carbocycles. The highest BCUT2D eigenvalue weighted by molar-refractivity contribution is 5.38. The van der Waals surface area contributed by atoms with Gasteiger partial charge in [-0.15, -0.1) is 0 Å². The van der Waals surface area contributed by atoms with Crippen LogP contribution in [0.15, 0.2) is 6.07 Å². The molecule has 1 saturated carbocycles. The molecule has 0 bridgehead atoms. The predicted molar refractivity (Wildman–Crippen MR) is 72.5 cm³/mol. The molecule has 0 unspecified atom stereocenters. The van der Waals surface area contributed by atoms with Gasteiger partial charge in [-0.2, -0.15) is 0 Å². The van der Waals surface area contributed by atoms with Gasteiger partial charge in [-0.05, 0) is 18.8 Å². The lowest BCUT2D eigenvalue weighted by Gasteiger charge is -2.43. The first-order chi connectivity index (χ1) is 10.1. The van der Waals surface area contributed by atoms with Gasteiger partial charge in [0.15, 0.2) is 17.5 Å². The van der Waals surface area contributed by atoms with Gasteiger partial charge >= 0.3 is 0 Å². The molecule has 0 aromatic heterocycles. The molecule has 1 saturated heterocycles. The lowest BCUT2D eigenvalue weighted by Crippen LogP contribution is -2.48. The lowest BCUT2D eigenvalue weighted by atomic mass is 9.76. The third-order valence-electron chi connectivity index (χ3n) is 4.62. The van der Waals surface area contributed by atoms with Gasteiger partial charge in [0.05, 0.1) is 5.56 Å². The topological polar surface area (TPSA) is 35.5 Å². The Morgan fingerprint density at radius 2 is 1.81 bits per heavy atom. The number of phenolic OH excluding ortho intramolecular Hbond substituents is 1. The predicted octanol–water partition coefficient (Wildman–Crippen LogP) is 2.56. The number of halogens is 3. The Morgan fingerprint density at radius 1 is 1.14 bits per heavy atom. The van der Waals surface area contributed by atoms with Gasteiger partial charge in [0.25, 0.3) is 0 Å². The maximum absolute atomic E-state index is 14.2. The molecule has 0 spiro atoms. The number of nitrogens with one attached hydrogen (secondary N) is 1. The molecule has 1 aromatic rings. The Kier molecular flexibility index (Phi) is 4.08. The van der Waals surface area contributed by atoms with E-state index >= 15 is 0 Å². The minimum Gasteiger partial charge on any atom is -0.507 e. The fourth-order valence-electron chi connectivity index (χ4n) is 3.31. The van der Waals surface area contributed by atoms with Gasteiger partial charge in [0.2, 0.25) is 0 Å². The van der Waals surface area contributed by atoms with Crippen molar-refractivity contribution in [1.29, 1.82) is 0 Å². The average Bonchev–Trinajstić information content (AvgIpc) is 2.43. The average molecular weight is 300 g/mol. The van der Waals surface area contributed by atoms with Crippen molar-refractivity contribution >= 4 is 0 Å². The van der Waals surface area contributed by atoms with E-state index in [1.54, 1.807) is 0 Å². The van der Waals surface area contributed by atoms with Crippen LogP contribution in [0.1, 0.15) is 30.9 Å². The molecule has 21 heavy (non-hydrogen) atoms. The van der Waals surface area contributed by atoms with Crippen LogP contribution in [-0.2, 0) is 0 Å². The maximum atomic E-state index is 14.2. The second-order valence-electron chi connectivity index (χ2n) is 5.84. The molecule has 6 heteroatoms. The number of piperazine rings is 1. The summed E-state index contributed by atoms with van der Waals surface area (Å²) in [6.45, 7) is 2.96. The summed E-state index contributed by atoms with van der Waals surface area (Å²) >= 11 is 0. The minimum atomic E-state index is -1.50. The van der Waals surface area contributed by atoms with E-state index in [0.29, 0.717) is 19.2 Å². The van der Waals surface area contributed by atoms with E-state index in [0.717, 1.165) is 32.4 Å². The zero-order valence-corrected chi connectivity index (χ0v) is 11.7. The van der Waals surface area contributed by atoms with Crippen LogP contribution in [0, 0.1) is 23.4 Å². The molecular formula is C15H19F3N2O. The molecule has 1 aromatic carbocycles. The highest BCUT2D eigenvalue weighted by Gasteiger charge is 2.38. The summed E-state index contributed by atoms with van der Waals surface area (Å²) in [6, 6.07) is 0.303. The number of phenols is 1. The summed E-state index contributed by atoms with van der Waals surface area (Å²) in [5, 5.41) is 13.2. The Labute approximate surface area is 121 Å². The van der Waals surface area contributed by atoms with Crippen molar-refractivity contribution in [2.24, 2.45) is 5.92 Å². The van der Waals surface area contributed by atoms with E-state index in [9.17, 15) is 18.3 Å². The first-order valence-electron chi connectivity index (χ1n) is 7.40. The molecule has 2 N–H and O–H groups in total. The summed E-state index contributed by atoms with van der Waals surface area (Å²) < 4.78 is 41.0. The number of rotatable bonds is 3. The number of hydrogen-bond acceptors (Lipinski definition) is 3. The van der Waals surface area contributed by atoms with Gasteiger partial charge in [-0.1, -0.05) is 6.42 Å². The molecule has 0 radical (unpaired) electrons. The van der Waals surface area contributed by atoms with Crippen molar-refractivity contribution in [1.82, 2.24) is 10.2 Å². The van der Waals surface area contributed by atoms with Crippen molar-refractivity contribution in [3.05, 3.63) is 29.1 Å². The number of hydrogen-bond donors (Lipinski definition) is 2. The Balaban J connectivity index is 2.01. The highest BCUT2D eigenvalue weighted by Crippen LogP contribution is 2.45. The number of nitrogens with zero attached hydrogens (tertiary/aromatic N) is 1. The molecule has 2 fully saturated rings. The number of benzene rings is 1. The largest absolute Gasteiger partial charge is 0.507 e. The maximum Gasteiger partial charge on any atom is 0.195 e. The summed E-state index contributed by atoms with van der Waals surface area (Å²) in [7, 11) is 0. The Bertz CT molecular complexity index is 528. The molecule has 3 rings (SSSR count). The van der Waals surface area contributed by atoms with Crippen LogP contribution in [0.2, 0.25) is 0 Å². The van der Waals surface area contributed by atoms with Crippen molar-refractivity contribution in [3.8, 4) is 5.75 Å². The standard InChI is InChI=1S/C15H19F3N2O/c16-10-8-11(21)12(14(18)13(10)17)15(9-2-1-3-9)20-6-4-19-5-7-20/h8-9,15,19,21H,1-7H2/t15-/m1/s1. The minimum absolute atomic E-state index is 0.0829. The molecular weight excluding hydrogens is 281 g/mol. The first kappa shape index (κ1) is 14.7. The van der Waals surface area contributed by atoms with Crippen molar-refractivity contribution in [2.75, 3.05) is 26.2 Å². The summed E-state index contributed by atoms with van der Waals surface area (Å²) in [5.74, 6) is -4.39.